The number of aromatic amines is 4. The first-order valence-electron chi connectivity index (χ1n) is 24.0. The normalized spacial score (nSPS) is 16.5. The Kier molecular flexibility index (Phi) is 12.6. The summed E-state index contributed by atoms with van der Waals surface area (Å²) in [5, 5.41) is 5.42. The highest BCUT2D eigenvalue weighted by molar-refractivity contribution is 7.91. The molecule has 2 atom stereocenters. The van der Waals surface area contributed by atoms with E-state index in [0.29, 0.717) is 17.1 Å². The van der Waals surface area contributed by atoms with Crippen LogP contribution in [-0.4, -0.2) is 46.3 Å². The lowest BCUT2D eigenvalue weighted by Gasteiger charge is -2.21. The molecule has 2 amide bonds. The Labute approximate surface area is 427 Å². The van der Waals surface area contributed by atoms with Crippen molar-refractivity contribution in [3.63, 3.8) is 0 Å². The van der Waals surface area contributed by atoms with Crippen molar-refractivity contribution in [1.82, 2.24) is 25.3 Å². The van der Waals surface area contributed by atoms with Crippen molar-refractivity contribution in [1.29, 1.82) is 0 Å². The number of nitrogens with two attached hydrogens (primary N) is 3. The molecule has 8 bridgehead atoms. The van der Waals surface area contributed by atoms with Crippen molar-refractivity contribution in [3.8, 4) is 0 Å². The largest absolute Gasteiger partial charge is 0.370 e. The van der Waals surface area contributed by atoms with E-state index in [0.717, 1.165) is 62.2 Å². The molecule has 10 aromatic rings. The number of hydrogen-bond acceptors (Lipinski definition) is 5. The monoisotopic (exact) mass is 993 g/mol. The van der Waals surface area contributed by atoms with Crippen LogP contribution in [0.15, 0.2) is 232 Å². The maximum Gasteiger partial charge on any atom is 0.325 e. The molecule has 4 aromatic heterocycles. The Morgan fingerprint density at radius 3 is 1.03 bits per heavy atom. The minimum Gasteiger partial charge on any atom is -0.370 e. The molecule has 12 N–H and O–H groups in total. The molecule has 6 aromatic carbocycles. The number of hydrogen-bond donors (Lipinski definition) is 9. The van der Waals surface area contributed by atoms with Gasteiger partial charge >= 0.3 is 6.03 Å². The summed E-state index contributed by atoms with van der Waals surface area (Å²) in [6, 6.07) is 68.1. The van der Waals surface area contributed by atoms with Gasteiger partial charge in [0.15, 0.2) is 5.96 Å². The van der Waals surface area contributed by atoms with Gasteiger partial charge in [-0.15, -0.1) is 0 Å². The first kappa shape index (κ1) is 46.8. The summed E-state index contributed by atoms with van der Waals surface area (Å²) < 4.78 is 26.6. The van der Waals surface area contributed by atoms with Crippen LogP contribution >= 0.6 is 0 Å². The number of aromatic nitrogens is 4. The molecule has 0 saturated heterocycles. The van der Waals surface area contributed by atoms with Crippen molar-refractivity contribution < 1.29 is 13.2 Å². The van der Waals surface area contributed by atoms with E-state index in [9.17, 15) is 13.2 Å². The molecular formula is C59H51N11O3S. The molecule has 15 heteroatoms. The lowest BCUT2D eigenvalue weighted by Crippen LogP contribution is -2.39. The standard InChI is InChI=1S/C59H51N11O3S/c60-57(61)63-40-20-24-43(25-21-40)74(72,73)44-26-22-41(23-27-44)64-58(62)70-59(71)65-42-18-16-39(17-19-42)56-51-34-32-49(68-51)54(37-12-6-2-7-13-37)47-30-28-45(66-47)53(36-10-4-1-5-11-36)46-29-31-48(67-46)55(38-14-8-3-9-15-38)50-33-35-52(56)69-50/h1-35,53-56,66-69H,(H4,60,61,63)(H4,62,64,65,70,71). The summed E-state index contributed by atoms with van der Waals surface area (Å²) in [6.45, 7) is 0. The molecule has 0 spiro atoms. The smallest absolute Gasteiger partial charge is 0.325 e. The average molecular weight is 994 g/mol. The number of carbonyl (C=O) groups excluding carboxylic acids is 1. The van der Waals surface area contributed by atoms with Crippen LogP contribution < -0.4 is 27.8 Å². The Hall–Kier alpha value is -9.60. The maximum absolute atomic E-state index is 13.3. The van der Waals surface area contributed by atoms with E-state index in [1.807, 2.05) is 36.4 Å². The highest BCUT2D eigenvalue weighted by Crippen LogP contribution is 2.41. The van der Waals surface area contributed by atoms with Crippen LogP contribution in [-0.2, 0) is 9.84 Å². The van der Waals surface area contributed by atoms with E-state index in [2.05, 4.69) is 168 Å². The van der Waals surface area contributed by atoms with Gasteiger partial charge in [-0.3, -0.25) is 5.32 Å². The quantitative estimate of drug-likeness (QED) is 0.0503. The Morgan fingerprint density at radius 1 is 0.392 bits per heavy atom. The second-order valence-corrected chi connectivity index (χ2v) is 20.1. The third-order valence-corrected chi connectivity index (χ3v) is 15.1. The maximum atomic E-state index is 13.3. The number of nitrogens with zero attached hydrogens (tertiary/aromatic N) is 2. The van der Waals surface area contributed by atoms with Crippen LogP contribution in [0.25, 0.3) is 0 Å². The summed E-state index contributed by atoms with van der Waals surface area (Å²) in [6.07, 6.45) is 0. The molecule has 5 heterocycles. The summed E-state index contributed by atoms with van der Waals surface area (Å²) in [4.78, 5) is 37.2. The minimum atomic E-state index is -3.85. The zero-order valence-corrected chi connectivity index (χ0v) is 40.6. The zero-order valence-electron chi connectivity index (χ0n) is 39.8. The van der Waals surface area contributed by atoms with Crippen LogP contribution in [0.2, 0.25) is 0 Å². The third kappa shape index (κ3) is 9.62. The lowest BCUT2D eigenvalue weighted by atomic mass is 9.92. The number of aliphatic imine (C=N–C) groups is 2. The molecule has 0 fully saturated rings. The van der Waals surface area contributed by atoms with Crippen molar-refractivity contribution >= 4 is 44.8 Å². The fraction of sp³-hybridized carbons (Fsp3) is 0.0678. The van der Waals surface area contributed by atoms with Crippen LogP contribution in [0.5, 0.6) is 0 Å². The number of urea groups is 1. The fourth-order valence-electron chi connectivity index (χ4n) is 10.00. The van der Waals surface area contributed by atoms with Gasteiger partial charge in [0.1, 0.15) is 0 Å². The Balaban J connectivity index is 0.889. The molecule has 74 heavy (non-hydrogen) atoms. The third-order valence-electron chi connectivity index (χ3n) is 13.4. The molecule has 14 nitrogen and oxygen atoms in total. The lowest BCUT2D eigenvalue weighted by molar-refractivity contribution is 0.256. The number of anilines is 1. The molecule has 0 aliphatic carbocycles. The van der Waals surface area contributed by atoms with E-state index in [1.54, 1.807) is 0 Å². The highest BCUT2D eigenvalue weighted by atomic mass is 32.2. The van der Waals surface area contributed by atoms with Gasteiger partial charge in [-0.2, -0.15) is 0 Å². The van der Waals surface area contributed by atoms with E-state index >= 15 is 0 Å². The predicted octanol–water partition coefficient (Wildman–Crippen LogP) is 10.5. The molecule has 11 rings (SSSR count). The molecule has 0 radical (unpaired) electrons. The summed E-state index contributed by atoms with van der Waals surface area (Å²) >= 11 is 0. The van der Waals surface area contributed by atoms with Gasteiger partial charge in [0.05, 0.1) is 44.8 Å². The van der Waals surface area contributed by atoms with Crippen molar-refractivity contribution in [3.05, 3.63) is 280 Å². The summed E-state index contributed by atoms with van der Waals surface area (Å²) in [5.41, 5.74) is 31.1. The SMILES string of the molecule is NC(N)=Nc1ccc(S(=O)(=O)c2ccc(N=C(N)NC(=O)Nc3ccc(C4c5ccc([nH]5)C(c5ccccc5)c5ccc([nH]5)C(c5ccccc5)c5ccc([nH]5)C(c5ccccc5)c5ccc4[nH]5)cc3)cc2)cc1. The number of fused-ring (bicyclic) bond motifs is 8. The van der Waals surface area contributed by atoms with Crippen molar-refractivity contribution in [2.45, 2.75) is 33.5 Å². The highest BCUT2D eigenvalue weighted by Gasteiger charge is 2.30. The fourth-order valence-corrected chi connectivity index (χ4v) is 11.3. The second-order valence-electron chi connectivity index (χ2n) is 18.2. The molecule has 1 aliphatic rings. The van der Waals surface area contributed by atoms with Crippen LogP contribution in [0.3, 0.4) is 0 Å². The first-order valence-corrected chi connectivity index (χ1v) is 25.5. The van der Waals surface area contributed by atoms with E-state index in [4.69, 9.17) is 17.2 Å². The number of sulfone groups is 1. The van der Waals surface area contributed by atoms with Gasteiger partial charge in [-0.25, -0.2) is 23.2 Å². The first-order chi connectivity index (χ1) is 36.0. The van der Waals surface area contributed by atoms with Crippen molar-refractivity contribution in [2.75, 3.05) is 5.32 Å². The molecule has 366 valence electrons. The number of guanidine groups is 2. The van der Waals surface area contributed by atoms with Crippen LogP contribution in [0.4, 0.5) is 21.9 Å². The number of H-pyrrole nitrogens is 4. The molecular weight excluding hydrogens is 943 g/mol. The van der Waals surface area contributed by atoms with Gasteiger partial charge < -0.3 is 42.5 Å². The average Bonchev–Trinajstić information content (AvgIpc) is 4.27. The molecule has 2 unspecified atom stereocenters. The number of nitrogens with one attached hydrogen (secondary N) is 6. The zero-order chi connectivity index (χ0) is 50.8. The topological polar surface area (TPSA) is 241 Å². The van der Waals surface area contributed by atoms with E-state index in [-0.39, 0.29) is 45.4 Å². The Bertz CT molecular complexity index is 3620. The Morgan fingerprint density at radius 2 is 0.703 bits per heavy atom. The number of carbonyl (C=O) groups is 1. The second kappa shape index (κ2) is 19.9. The van der Waals surface area contributed by atoms with E-state index < -0.39 is 15.9 Å². The van der Waals surface area contributed by atoms with Gasteiger partial charge in [0, 0.05) is 51.2 Å². The van der Waals surface area contributed by atoms with Gasteiger partial charge in [0.2, 0.25) is 15.8 Å². The number of amides is 2. The van der Waals surface area contributed by atoms with Crippen LogP contribution in [0.1, 0.15) is 91.5 Å². The van der Waals surface area contributed by atoms with Gasteiger partial charge in [-0.1, -0.05) is 103 Å². The van der Waals surface area contributed by atoms with Gasteiger partial charge in [-0.05, 0) is 131 Å². The molecule has 0 saturated carbocycles. The molecule has 1 aliphatic heterocycles. The van der Waals surface area contributed by atoms with Crippen molar-refractivity contribution in [2.24, 2.45) is 27.2 Å². The van der Waals surface area contributed by atoms with E-state index in [1.165, 1.54) is 54.1 Å². The minimum absolute atomic E-state index is 0.0461. The summed E-state index contributed by atoms with van der Waals surface area (Å²) in [5.74, 6) is -0.923. The summed E-state index contributed by atoms with van der Waals surface area (Å²) in [7, 11) is -3.85. The number of benzene rings is 6. The van der Waals surface area contributed by atoms with Gasteiger partial charge in [0.25, 0.3) is 0 Å². The predicted molar refractivity (Wildman–Crippen MR) is 290 cm³/mol. The van der Waals surface area contributed by atoms with Crippen LogP contribution in [0, 0.1) is 0 Å². The number of rotatable bonds is 9.